The van der Waals surface area contributed by atoms with Crippen molar-refractivity contribution in [2.45, 2.75) is 26.2 Å². The number of rotatable bonds is 3. The smallest absolute Gasteiger partial charge is 0.251 e. The number of hydrogen-bond donors (Lipinski definition) is 2. The maximum atomic E-state index is 6.03. The molecule has 0 saturated carbocycles. The Morgan fingerprint density at radius 3 is 2.33 bits per heavy atom. The number of nitrogen functional groups attached to an aromatic ring is 1. The van der Waals surface area contributed by atoms with Gasteiger partial charge in [0.2, 0.25) is 5.89 Å². The van der Waals surface area contributed by atoms with E-state index in [0.29, 0.717) is 23.2 Å². The predicted molar refractivity (Wildman–Crippen MR) is 104 cm³/mol. The van der Waals surface area contributed by atoms with Crippen molar-refractivity contribution in [3.05, 3.63) is 54.5 Å². The van der Waals surface area contributed by atoms with Crippen molar-refractivity contribution in [3.63, 3.8) is 0 Å². The molecule has 0 aliphatic carbocycles. The largest absolute Gasteiger partial charge is 0.416 e. The lowest BCUT2D eigenvalue weighted by Gasteiger charge is -2.18. The summed E-state index contributed by atoms with van der Waals surface area (Å²) in [7, 11) is 0. The molecule has 0 spiro atoms. The van der Waals surface area contributed by atoms with Crippen LogP contribution in [0.5, 0.6) is 0 Å². The number of nitrogens with zero attached hydrogens (tertiary/aromatic N) is 4. The van der Waals surface area contributed by atoms with E-state index in [1.807, 2.05) is 18.2 Å². The number of nitrogens with two attached hydrogens (primary N) is 1. The molecular formula is C20H20N6O. The Labute approximate surface area is 156 Å². The number of pyridine rings is 1. The van der Waals surface area contributed by atoms with Crippen molar-refractivity contribution >= 4 is 5.82 Å². The first kappa shape index (κ1) is 17.0. The van der Waals surface area contributed by atoms with E-state index in [4.69, 9.17) is 10.2 Å². The van der Waals surface area contributed by atoms with E-state index in [9.17, 15) is 0 Å². The van der Waals surface area contributed by atoms with Gasteiger partial charge in [0.15, 0.2) is 0 Å². The SMILES string of the molecule is CC(C)(C)c1ccc(-c2nnc(-c3cc(-c4cn[nH]c4)cnc3N)o2)cc1. The molecule has 136 valence electrons. The van der Waals surface area contributed by atoms with Crippen molar-refractivity contribution in [2.24, 2.45) is 0 Å². The molecule has 4 rings (SSSR count). The molecular weight excluding hydrogens is 340 g/mol. The van der Waals surface area contributed by atoms with Crippen LogP contribution in [0.15, 0.2) is 53.3 Å². The summed E-state index contributed by atoms with van der Waals surface area (Å²) in [4.78, 5) is 4.24. The zero-order valence-corrected chi connectivity index (χ0v) is 15.4. The van der Waals surface area contributed by atoms with Crippen LogP contribution in [0.2, 0.25) is 0 Å². The maximum Gasteiger partial charge on any atom is 0.251 e. The Bertz CT molecular complexity index is 1060. The molecule has 0 fully saturated rings. The molecule has 7 heteroatoms. The number of H-pyrrole nitrogens is 1. The zero-order valence-electron chi connectivity index (χ0n) is 15.4. The average Bonchev–Trinajstić information content (AvgIpc) is 3.34. The summed E-state index contributed by atoms with van der Waals surface area (Å²) in [6, 6.07) is 10.00. The Morgan fingerprint density at radius 1 is 0.926 bits per heavy atom. The predicted octanol–water partition coefficient (Wildman–Crippen LogP) is 4.07. The summed E-state index contributed by atoms with van der Waals surface area (Å²) in [5, 5.41) is 15.1. The number of aromatic amines is 1. The van der Waals surface area contributed by atoms with E-state index in [1.165, 1.54) is 5.56 Å². The molecule has 0 unspecified atom stereocenters. The highest BCUT2D eigenvalue weighted by atomic mass is 16.4. The number of nitrogens with one attached hydrogen (secondary N) is 1. The third kappa shape index (κ3) is 3.31. The molecule has 4 aromatic rings. The highest BCUT2D eigenvalue weighted by molar-refractivity contribution is 5.75. The Balaban J connectivity index is 1.68. The topological polar surface area (TPSA) is 107 Å². The van der Waals surface area contributed by atoms with Crippen molar-refractivity contribution in [1.82, 2.24) is 25.4 Å². The minimum atomic E-state index is 0.0895. The molecule has 0 aliphatic rings. The number of anilines is 1. The Kier molecular flexibility index (Phi) is 3.99. The van der Waals surface area contributed by atoms with E-state index in [2.05, 4.69) is 58.3 Å². The quantitative estimate of drug-likeness (QED) is 0.570. The molecule has 0 saturated heterocycles. The van der Waals surface area contributed by atoms with Gasteiger partial charge < -0.3 is 10.2 Å². The minimum Gasteiger partial charge on any atom is -0.416 e. The molecule has 0 aliphatic heterocycles. The number of benzene rings is 1. The third-order valence-electron chi connectivity index (χ3n) is 4.40. The van der Waals surface area contributed by atoms with E-state index in [-0.39, 0.29) is 5.41 Å². The fourth-order valence-electron chi connectivity index (χ4n) is 2.77. The van der Waals surface area contributed by atoms with Gasteiger partial charge in [-0.15, -0.1) is 10.2 Å². The second-order valence-corrected chi connectivity index (χ2v) is 7.38. The highest BCUT2D eigenvalue weighted by Crippen LogP contribution is 2.31. The lowest BCUT2D eigenvalue weighted by Crippen LogP contribution is -2.10. The lowest BCUT2D eigenvalue weighted by molar-refractivity contribution is 0.582. The van der Waals surface area contributed by atoms with Crippen LogP contribution < -0.4 is 5.73 Å². The minimum absolute atomic E-state index is 0.0895. The van der Waals surface area contributed by atoms with Crippen molar-refractivity contribution < 1.29 is 4.42 Å². The second kappa shape index (κ2) is 6.35. The normalized spacial score (nSPS) is 11.7. The van der Waals surface area contributed by atoms with Gasteiger partial charge in [0.25, 0.3) is 5.89 Å². The molecule has 0 radical (unpaired) electrons. The van der Waals surface area contributed by atoms with Crippen molar-refractivity contribution in [2.75, 3.05) is 5.73 Å². The first-order valence-electron chi connectivity index (χ1n) is 8.61. The first-order chi connectivity index (χ1) is 12.9. The number of aromatic nitrogens is 5. The second-order valence-electron chi connectivity index (χ2n) is 7.38. The molecule has 3 aromatic heterocycles. The van der Waals surface area contributed by atoms with Crippen LogP contribution in [-0.2, 0) is 5.41 Å². The van der Waals surface area contributed by atoms with Gasteiger partial charge >= 0.3 is 0 Å². The van der Waals surface area contributed by atoms with Crippen LogP contribution in [0.4, 0.5) is 5.82 Å². The molecule has 0 amide bonds. The summed E-state index contributed by atoms with van der Waals surface area (Å²) in [5.74, 6) is 1.11. The van der Waals surface area contributed by atoms with Crippen molar-refractivity contribution in [1.29, 1.82) is 0 Å². The van der Waals surface area contributed by atoms with Gasteiger partial charge in [-0.3, -0.25) is 5.10 Å². The van der Waals surface area contributed by atoms with Gasteiger partial charge in [-0.2, -0.15) is 5.10 Å². The van der Waals surface area contributed by atoms with Crippen LogP contribution in [0.3, 0.4) is 0 Å². The van der Waals surface area contributed by atoms with Gasteiger partial charge in [-0.1, -0.05) is 32.9 Å². The molecule has 3 heterocycles. The van der Waals surface area contributed by atoms with Crippen LogP contribution in [0.25, 0.3) is 34.0 Å². The number of hydrogen-bond acceptors (Lipinski definition) is 6. The van der Waals surface area contributed by atoms with Crippen LogP contribution >= 0.6 is 0 Å². The van der Waals surface area contributed by atoms with Gasteiger partial charge in [0, 0.05) is 29.1 Å². The van der Waals surface area contributed by atoms with E-state index in [1.54, 1.807) is 18.6 Å². The summed E-state index contributed by atoms with van der Waals surface area (Å²) in [6.45, 7) is 6.53. The van der Waals surface area contributed by atoms with Crippen LogP contribution in [0.1, 0.15) is 26.3 Å². The monoisotopic (exact) mass is 360 g/mol. The summed E-state index contributed by atoms with van der Waals surface area (Å²) in [6.07, 6.45) is 5.19. The van der Waals surface area contributed by atoms with E-state index in [0.717, 1.165) is 16.7 Å². The van der Waals surface area contributed by atoms with E-state index < -0.39 is 0 Å². The summed E-state index contributed by atoms with van der Waals surface area (Å²) in [5.41, 5.74) is 10.6. The molecule has 27 heavy (non-hydrogen) atoms. The molecule has 7 nitrogen and oxygen atoms in total. The lowest BCUT2D eigenvalue weighted by atomic mass is 9.87. The molecule has 3 N–H and O–H groups in total. The summed E-state index contributed by atoms with van der Waals surface area (Å²) < 4.78 is 5.87. The highest BCUT2D eigenvalue weighted by Gasteiger charge is 2.17. The maximum absolute atomic E-state index is 6.03. The Hall–Kier alpha value is -3.48. The molecule has 0 atom stereocenters. The van der Waals surface area contributed by atoms with Crippen molar-refractivity contribution in [3.8, 4) is 34.0 Å². The third-order valence-corrected chi connectivity index (χ3v) is 4.40. The first-order valence-corrected chi connectivity index (χ1v) is 8.61. The molecule has 1 aromatic carbocycles. The fourth-order valence-corrected chi connectivity index (χ4v) is 2.77. The standard InChI is InChI=1S/C20H20N6O/c1-20(2,3)15-6-4-12(5-7-15)18-25-26-19(27-18)16-8-13(9-22-17(16)21)14-10-23-24-11-14/h4-11H,1-3H3,(H2,21,22)(H,23,24). The van der Waals surface area contributed by atoms with Crippen LogP contribution in [0, 0.1) is 0 Å². The van der Waals surface area contributed by atoms with Gasteiger partial charge in [0.1, 0.15) is 5.82 Å². The van der Waals surface area contributed by atoms with E-state index >= 15 is 0 Å². The summed E-state index contributed by atoms with van der Waals surface area (Å²) >= 11 is 0. The van der Waals surface area contributed by atoms with Crippen LogP contribution in [-0.4, -0.2) is 25.4 Å². The fraction of sp³-hybridized carbons (Fsp3) is 0.200. The van der Waals surface area contributed by atoms with Gasteiger partial charge in [0.05, 0.1) is 11.8 Å². The molecule has 0 bridgehead atoms. The van der Waals surface area contributed by atoms with Gasteiger partial charge in [-0.05, 0) is 29.2 Å². The zero-order chi connectivity index (χ0) is 19.0. The average molecular weight is 360 g/mol. The van der Waals surface area contributed by atoms with Gasteiger partial charge in [-0.25, -0.2) is 4.98 Å². The Morgan fingerprint density at radius 2 is 1.67 bits per heavy atom.